The van der Waals surface area contributed by atoms with Gasteiger partial charge in [-0.3, -0.25) is 9.79 Å². The highest BCUT2D eigenvalue weighted by atomic mass is 127. The van der Waals surface area contributed by atoms with E-state index < -0.39 is 0 Å². The van der Waals surface area contributed by atoms with Gasteiger partial charge in [0, 0.05) is 33.1 Å². The molecule has 0 bridgehead atoms. The first-order valence-electron chi connectivity index (χ1n) is 7.42. The van der Waals surface area contributed by atoms with E-state index in [1.165, 1.54) is 11.1 Å². The molecule has 0 radical (unpaired) electrons. The van der Waals surface area contributed by atoms with Gasteiger partial charge in [-0.15, -0.1) is 24.0 Å². The number of nitrogens with zero attached hydrogens (tertiary/aromatic N) is 1. The molecule has 0 aliphatic heterocycles. The lowest BCUT2D eigenvalue weighted by Gasteiger charge is -2.12. The summed E-state index contributed by atoms with van der Waals surface area (Å²) in [6, 6.07) is 8.36. The van der Waals surface area contributed by atoms with Crippen LogP contribution in [0.4, 0.5) is 0 Å². The fraction of sp³-hybridized carbons (Fsp3) is 0.500. The molecule has 6 heteroatoms. The molecule has 0 fully saturated rings. The Bertz CT molecular complexity index is 460. The van der Waals surface area contributed by atoms with Gasteiger partial charge >= 0.3 is 0 Å². The average Bonchev–Trinajstić information content (AvgIpc) is 2.50. The zero-order valence-electron chi connectivity index (χ0n) is 13.6. The summed E-state index contributed by atoms with van der Waals surface area (Å²) in [4.78, 5) is 15.6. The predicted molar refractivity (Wildman–Crippen MR) is 103 cm³/mol. The van der Waals surface area contributed by atoms with Crippen LogP contribution in [0.5, 0.6) is 0 Å². The second-order valence-corrected chi connectivity index (χ2v) is 4.94. The SMILES string of the molecule is CCCNC(=O)CCNC(=NC)NCc1ccc(C)cc1.I. The Morgan fingerprint density at radius 3 is 2.36 bits per heavy atom. The normalized spacial score (nSPS) is 10.6. The maximum Gasteiger partial charge on any atom is 0.221 e. The maximum atomic E-state index is 11.5. The van der Waals surface area contributed by atoms with Crippen molar-refractivity contribution in [2.45, 2.75) is 33.2 Å². The summed E-state index contributed by atoms with van der Waals surface area (Å²) in [7, 11) is 1.72. The van der Waals surface area contributed by atoms with Gasteiger partial charge in [0.15, 0.2) is 5.96 Å². The molecular formula is C16H27IN4O. The Kier molecular flexibility index (Phi) is 11.5. The summed E-state index contributed by atoms with van der Waals surface area (Å²) in [5, 5.41) is 9.21. The van der Waals surface area contributed by atoms with Crippen molar-refractivity contribution in [1.29, 1.82) is 0 Å². The van der Waals surface area contributed by atoms with Crippen LogP contribution in [0.15, 0.2) is 29.3 Å². The molecule has 0 saturated carbocycles. The highest BCUT2D eigenvalue weighted by molar-refractivity contribution is 14.0. The van der Waals surface area contributed by atoms with Gasteiger partial charge in [0.25, 0.3) is 0 Å². The van der Waals surface area contributed by atoms with Gasteiger partial charge in [-0.2, -0.15) is 0 Å². The van der Waals surface area contributed by atoms with Crippen LogP contribution in [0.2, 0.25) is 0 Å². The van der Waals surface area contributed by atoms with E-state index >= 15 is 0 Å². The molecule has 1 aromatic rings. The van der Waals surface area contributed by atoms with Crippen molar-refractivity contribution in [1.82, 2.24) is 16.0 Å². The molecular weight excluding hydrogens is 391 g/mol. The monoisotopic (exact) mass is 418 g/mol. The number of carbonyl (C=O) groups is 1. The minimum Gasteiger partial charge on any atom is -0.356 e. The van der Waals surface area contributed by atoms with Gasteiger partial charge < -0.3 is 16.0 Å². The zero-order chi connectivity index (χ0) is 15.5. The first-order chi connectivity index (χ1) is 10.2. The molecule has 124 valence electrons. The van der Waals surface area contributed by atoms with Gasteiger partial charge in [-0.1, -0.05) is 36.8 Å². The van der Waals surface area contributed by atoms with Crippen LogP contribution >= 0.6 is 24.0 Å². The van der Waals surface area contributed by atoms with Crippen LogP contribution in [0, 0.1) is 6.92 Å². The molecule has 22 heavy (non-hydrogen) atoms. The van der Waals surface area contributed by atoms with Crippen LogP contribution in [0.25, 0.3) is 0 Å². The van der Waals surface area contributed by atoms with Crippen LogP contribution in [0.1, 0.15) is 30.9 Å². The Balaban J connectivity index is 0.00000441. The Hall–Kier alpha value is -1.31. The molecule has 0 unspecified atom stereocenters. The molecule has 0 spiro atoms. The lowest BCUT2D eigenvalue weighted by Crippen LogP contribution is -2.39. The number of amides is 1. The fourth-order valence-corrected chi connectivity index (χ4v) is 1.76. The zero-order valence-corrected chi connectivity index (χ0v) is 15.9. The number of aliphatic imine (C=N–C) groups is 1. The predicted octanol–water partition coefficient (Wildman–Crippen LogP) is 2.19. The molecule has 0 saturated heterocycles. The van der Waals surface area contributed by atoms with Crippen molar-refractivity contribution in [2.75, 3.05) is 20.1 Å². The van der Waals surface area contributed by atoms with Gasteiger partial charge in [0.1, 0.15) is 0 Å². The highest BCUT2D eigenvalue weighted by Crippen LogP contribution is 2.02. The van der Waals surface area contributed by atoms with Gasteiger partial charge in [-0.05, 0) is 18.9 Å². The van der Waals surface area contributed by atoms with Crippen LogP contribution in [-0.4, -0.2) is 32.0 Å². The van der Waals surface area contributed by atoms with E-state index in [-0.39, 0.29) is 29.9 Å². The van der Waals surface area contributed by atoms with E-state index in [1.807, 2.05) is 6.92 Å². The topological polar surface area (TPSA) is 65.5 Å². The van der Waals surface area contributed by atoms with E-state index in [4.69, 9.17) is 0 Å². The lowest BCUT2D eigenvalue weighted by molar-refractivity contribution is -0.120. The first kappa shape index (κ1) is 20.7. The molecule has 1 amide bonds. The number of halogens is 1. The van der Waals surface area contributed by atoms with E-state index in [2.05, 4.69) is 52.1 Å². The minimum absolute atomic E-state index is 0. The molecule has 0 aliphatic carbocycles. The van der Waals surface area contributed by atoms with Crippen molar-refractivity contribution < 1.29 is 4.79 Å². The molecule has 5 nitrogen and oxygen atoms in total. The van der Waals surface area contributed by atoms with Crippen molar-refractivity contribution in [2.24, 2.45) is 4.99 Å². The van der Waals surface area contributed by atoms with E-state index in [0.717, 1.165) is 13.0 Å². The summed E-state index contributed by atoms with van der Waals surface area (Å²) in [5.74, 6) is 0.775. The summed E-state index contributed by atoms with van der Waals surface area (Å²) < 4.78 is 0. The Labute approximate surface area is 150 Å². The number of nitrogens with one attached hydrogen (secondary N) is 3. The van der Waals surface area contributed by atoms with E-state index in [0.29, 0.717) is 25.5 Å². The van der Waals surface area contributed by atoms with Gasteiger partial charge in [0.05, 0.1) is 0 Å². The minimum atomic E-state index is 0. The van der Waals surface area contributed by atoms with Crippen LogP contribution in [0.3, 0.4) is 0 Å². The Morgan fingerprint density at radius 2 is 1.77 bits per heavy atom. The first-order valence-corrected chi connectivity index (χ1v) is 7.42. The molecule has 0 aromatic heterocycles. The number of guanidine groups is 1. The highest BCUT2D eigenvalue weighted by Gasteiger charge is 2.02. The third kappa shape index (κ3) is 8.86. The summed E-state index contributed by atoms with van der Waals surface area (Å²) in [6.45, 7) is 6.13. The maximum absolute atomic E-state index is 11.5. The summed E-state index contributed by atoms with van der Waals surface area (Å²) >= 11 is 0. The lowest BCUT2D eigenvalue weighted by atomic mass is 10.1. The number of aryl methyl sites for hydroxylation is 1. The van der Waals surface area contributed by atoms with E-state index in [9.17, 15) is 4.79 Å². The standard InChI is InChI=1S/C16H26N4O.HI/c1-4-10-18-15(21)9-11-19-16(17-3)20-12-14-7-5-13(2)6-8-14;/h5-8H,4,9-12H2,1-3H3,(H,18,21)(H2,17,19,20);1H. The smallest absolute Gasteiger partial charge is 0.221 e. The second-order valence-electron chi connectivity index (χ2n) is 4.94. The molecule has 1 rings (SSSR count). The van der Waals surface area contributed by atoms with Crippen molar-refractivity contribution in [3.8, 4) is 0 Å². The second kappa shape index (κ2) is 12.3. The number of benzene rings is 1. The van der Waals surface area contributed by atoms with Crippen LogP contribution < -0.4 is 16.0 Å². The largest absolute Gasteiger partial charge is 0.356 e. The third-order valence-electron chi connectivity index (χ3n) is 3.02. The third-order valence-corrected chi connectivity index (χ3v) is 3.02. The van der Waals surface area contributed by atoms with Crippen LogP contribution in [-0.2, 0) is 11.3 Å². The number of hydrogen-bond donors (Lipinski definition) is 3. The van der Waals surface area contributed by atoms with Crippen molar-refractivity contribution in [3.63, 3.8) is 0 Å². The molecule has 1 aromatic carbocycles. The summed E-state index contributed by atoms with van der Waals surface area (Å²) in [5.41, 5.74) is 2.45. The van der Waals surface area contributed by atoms with Crippen molar-refractivity contribution >= 4 is 35.8 Å². The quantitative estimate of drug-likeness (QED) is 0.362. The number of rotatable bonds is 7. The van der Waals surface area contributed by atoms with Gasteiger partial charge in [-0.25, -0.2) is 0 Å². The molecule has 0 heterocycles. The number of hydrogen-bond acceptors (Lipinski definition) is 2. The molecule has 0 aliphatic rings. The fourth-order valence-electron chi connectivity index (χ4n) is 1.76. The van der Waals surface area contributed by atoms with Gasteiger partial charge in [0.2, 0.25) is 5.91 Å². The molecule has 3 N–H and O–H groups in total. The summed E-state index contributed by atoms with van der Waals surface area (Å²) in [6.07, 6.45) is 1.41. The van der Waals surface area contributed by atoms with E-state index in [1.54, 1.807) is 7.05 Å². The average molecular weight is 418 g/mol. The molecule has 0 atom stereocenters. The Morgan fingerprint density at radius 1 is 1.09 bits per heavy atom. The van der Waals surface area contributed by atoms with Crippen molar-refractivity contribution in [3.05, 3.63) is 35.4 Å². The number of carbonyl (C=O) groups excluding carboxylic acids is 1.